The number of rotatable bonds is 18. The zero-order valence-corrected chi connectivity index (χ0v) is 19.3. The normalized spacial score (nSPS) is 12.4. The molecule has 0 bridgehead atoms. The average Bonchev–Trinajstić information content (AvgIpc) is 2.61. The van der Waals surface area contributed by atoms with Crippen LogP contribution in [0.3, 0.4) is 0 Å². The Morgan fingerprint density at radius 3 is 1.36 bits per heavy atom. The molecule has 1 unspecified atom stereocenters. The van der Waals surface area contributed by atoms with Crippen LogP contribution < -0.4 is 0 Å². The van der Waals surface area contributed by atoms with Crippen LogP contribution in [-0.4, -0.2) is 66.2 Å². The second kappa shape index (κ2) is 21.1. The van der Waals surface area contributed by atoms with Crippen molar-refractivity contribution in [1.82, 2.24) is 0 Å². The molecule has 170 valence electrons. The molecule has 5 nitrogen and oxygen atoms in total. The zero-order chi connectivity index (χ0) is 21.7. The lowest BCUT2D eigenvalue weighted by atomic mass is 10.0. The van der Waals surface area contributed by atoms with Gasteiger partial charge in [0.15, 0.2) is 6.10 Å². The van der Waals surface area contributed by atoms with Gasteiger partial charge in [-0.25, -0.2) is 4.79 Å². The number of carbonyl (C=O) groups is 1. The van der Waals surface area contributed by atoms with Gasteiger partial charge in [0, 0.05) is 0 Å². The molecule has 0 radical (unpaired) electrons. The highest BCUT2D eigenvalue weighted by Crippen LogP contribution is 2.13. The van der Waals surface area contributed by atoms with E-state index < -0.39 is 12.1 Å². The van der Waals surface area contributed by atoms with E-state index in [0.717, 1.165) is 23.9 Å². The molecule has 0 amide bonds. The number of hydrogen-bond donors (Lipinski definition) is 3. The van der Waals surface area contributed by atoms with Gasteiger partial charge >= 0.3 is 5.97 Å². The summed E-state index contributed by atoms with van der Waals surface area (Å²) in [5.41, 5.74) is 0. The summed E-state index contributed by atoms with van der Waals surface area (Å²) in [4.78, 5) is 10.4. The van der Waals surface area contributed by atoms with Crippen molar-refractivity contribution in [3.8, 4) is 0 Å². The van der Waals surface area contributed by atoms with Gasteiger partial charge in [0.05, 0.1) is 27.7 Å². The van der Waals surface area contributed by atoms with Crippen molar-refractivity contribution in [3.63, 3.8) is 0 Å². The number of nitrogens with zero attached hydrogens (tertiary/aromatic N) is 1. The molecule has 0 aliphatic carbocycles. The standard InChI is InChI=1S/C18H36O3.C5H14NO/c1-2-3-4-5-6-7-8-9-10-11-12-13-14-15-16-17(19)18(20)21;1-6(2,3)4-5-7/h17,19H,2-16H2,1H3,(H,20,21);7H,4-5H2,1-3H3/q;+1. The van der Waals surface area contributed by atoms with Crippen LogP contribution in [0.4, 0.5) is 0 Å². The Labute approximate surface area is 174 Å². The molecule has 0 aromatic carbocycles. The lowest BCUT2D eigenvalue weighted by molar-refractivity contribution is -0.870. The lowest BCUT2D eigenvalue weighted by Crippen LogP contribution is -2.36. The van der Waals surface area contributed by atoms with Crippen molar-refractivity contribution in [3.05, 3.63) is 0 Å². The van der Waals surface area contributed by atoms with Gasteiger partial charge in [-0.3, -0.25) is 0 Å². The van der Waals surface area contributed by atoms with Gasteiger partial charge in [-0.15, -0.1) is 0 Å². The predicted octanol–water partition coefficient (Wildman–Crippen LogP) is 4.99. The third-order valence-corrected chi connectivity index (χ3v) is 4.89. The summed E-state index contributed by atoms with van der Waals surface area (Å²) in [6.45, 7) is 3.37. The van der Waals surface area contributed by atoms with Gasteiger partial charge < -0.3 is 19.8 Å². The number of likely N-dealkylation sites (N-methyl/N-ethyl adjacent to an activating group) is 1. The maximum Gasteiger partial charge on any atom is 0.332 e. The van der Waals surface area contributed by atoms with Crippen LogP contribution in [0.15, 0.2) is 0 Å². The van der Waals surface area contributed by atoms with E-state index in [2.05, 4.69) is 28.1 Å². The molecular formula is C23H50NO4+. The summed E-state index contributed by atoms with van der Waals surface area (Å²) in [5, 5.41) is 26.0. The monoisotopic (exact) mass is 404 g/mol. The minimum Gasteiger partial charge on any atom is -0.479 e. The summed E-state index contributed by atoms with van der Waals surface area (Å²) in [7, 11) is 6.16. The van der Waals surface area contributed by atoms with Crippen LogP contribution in [0.5, 0.6) is 0 Å². The zero-order valence-electron chi connectivity index (χ0n) is 19.3. The molecule has 0 aromatic heterocycles. The molecule has 0 aliphatic rings. The van der Waals surface area contributed by atoms with Gasteiger partial charge in [0.1, 0.15) is 6.54 Å². The molecule has 0 heterocycles. The molecular weight excluding hydrogens is 354 g/mol. The van der Waals surface area contributed by atoms with Crippen molar-refractivity contribution in [1.29, 1.82) is 0 Å². The van der Waals surface area contributed by atoms with Crippen LogP contribution in [-0.2, 0) is 4.79 Å². The second-order valence-electron chi connectivity index (χ2n) is 8.98. The van der Waals surface area contributed by atoms with E-state index >= 15 is 0 Å². The molecule has 1 atom stereocenters. The van der Waals surface area contributed by atoms with Crippen LogP contribution in [0.1, 0.15) is 103 Å². The van der Waals surface area contributed by atoms with Crippen LogP contribution in [0.25, 0.3) is 0 Å². The molecule has 0 aromatic rings. The fourth-order valence-corrected chi connectivity index (χ4v) is 2.96. The topological polar surface area (TPSA) is 77.8 Å². The average molecular weight is 405 g/mol. The number of carboxylic acids is 1. The first-order valence-electron chi connectivity index (χ1n) is 11.6. The smallest absolute Gasteiger partial charge is 0.332 e. The Morgan fingerprint density at radius 2 is 1.11 bits per heavy atom. The fourth-order valence-electron chi connectivity index (χ4n) is 2.96. The number of quaternary nitrogens is 1. The summed E-state index contributed by atoms with van der Waals surface area (Å²) in [5.74, 6) is -1.09. The van der Waals surface area contributed by atoms with Crippen LogP contribution in [0, 0.1) is 0 Å². The Hall–Kier alpha value is -0.650. The molecule has 0 fully saturated rings. The summed E-state index contributed by atoms with van der Waals surface area (Å²) < 4.78 is 0.844. The van der Waals surface area contributed by atoms with Gasteiger partial charge in [0.2, 0.25) is 0 Å². The minimum atomic E-state index is -1.16. The number of aliphatic hydroxyl groups is 2. The summed E-state index contributed by atoms with van der Waals surface area (Å²) in [6, 6.07) is 0. The molecule has 0 saturated carbocycles. The third-order valence-electron chi connectivity index (χ3n) is 4.89. The van der Waals surface area contributed by atoms with Crippen molar-refractivity contribution in [2.75, 3.05) is 34.3 Å². The number of aliphatic hydroxyl groups excluding tert-OH is 2. The molecule has 0 saturated heterocycles. The van der Waals surface area contributed by atoms with Gasteiger partial charge in [-0.2, -0.15) is 0 Å². The largest absolute Gasteiger partial charge is 0.479 e. The fraction of sp³-hybridized carbons (Fsp3) is 0.957. The molecule has 0 spiro atoms. The van der Waals surface area contributed by atoms with Gasteiger partial charge in [-0.1, -0.05) is 96.8 Å². The summed E-state index contributed by atoms with van der Waals surface area (Å²) >= 11 is 0. The molecule has 3 N–H and O–H groups in total. The van der Waals surface area contributed by atoms with E-state index in [0.29, 0.717) is 6.42 Å². The lowest BCUT2D eigenvalue weighted by Gasteiger charge is -2.21. The Bertz CT molecular complexity index is 329. The van der Waals surface area contributed by atoms with Crippen molar-refractivity contribution in [2.45, 2.75) is 109 Å². The highest BCUT2D eigenvalue weighted by atomic mass is 16.4. The van der Waals surface area contributed by atoms with Crippen molar-refractivity contribution >= 4 is 5.97 Å². The molecule has 0 rings (SSSR count). The van der Waals surface area contributed by atoms with E-state index in [9.17, 15) is 4.79 Å². The van der Waals surface area contributed by atoms with E-state index in [4.69, 9.17) is 15.3 Å². The van der Waals surface area contributed by atoms with E-state index in [1.165, 1.54) is 77.0 Å². The first-order chi connectivity index (χ1) is 13.2. The number of carboxylic acid groups (broad SMARTS) is 1. The Kier molecular flexibility index (Phi) is 22.2. The second-order valence-corrected chi connectivity index (χ2v) is 8.98. The van der Waals surface area contributed by atoms with Gasteiger partial charge in [0.25, 0.3) is 0 Å². The minimum absolute atomic E-state index is 0.281. The Morgan fingerprint density at radius 1 is 0.750 bits per heavy atom. The van der Waals surface area contributed by atoms with E-state index in [1.807, 2.05) is 0 Å². The van der Waals surface area contributed by atoms with Crippen molar-refractivity contribution < 1.29 is 24.6 Å². The van der Waals surface area contributed by atoms with Gasteiger partial charge in [-0.05, 0) is 6.42 Å². The maximum absolute atomic E-state index is 10.4. The van der Waals surface area contributed by atoms with E-state index in [-0.39, 0.29) is 6.61 Å². The quantitative estimate of drug-likeness (QED) is 0.222. The number of aliphatic carboxylic acids is 1. The predicted molar refractivity (Wildman–Crippen MR) is 119 cm³/mol. The highest BCUT2D eigenvalue weighted by molar-refractivity contribution is 5.71. The highest BCUT2D eigenvalue weighted by Gasteiger charge is 2.11. The first-order valence-corrected chi connectivity index (χ1v) is 11.6. The summed E-state index contributed by atoms with van der Waals surface area (Å²) in [6.07, 6.45) is 17.3. The van der Waals surface area contributed by atoms with Crippen LogP contribution >= 0.6 is 0 Å². The third kappa shape index (κ3) is 27.6. The molecule has 28 heavy (non-hydrogen) atoms. The number of hydrogen-bond acceptors (Lipinski definition) is 3. The number of unbranched alkanes of at least 4 members (excludes halogenated alkanes) is 13. The molecule has 5 heteroatoms. The SMILES string of the molecule is CCCCCCCCCCCCCCCCC(O)C(=O)O.C[N+](C)(C)CCO. The van der Waals surface area contributed by atoms with Crippen molar-refractivity contribution in [2.24, 2.45) is 0 Å². The maximum atomic E-state index is 10.4. The Balaban J connectivity index is 0. The van der Waals surface area contributed by atoms with Crippen LogP contribution in [0.2, 0.25) is 0 Å². The first kappa shape index (κ1) is 29.6. The molecule has 0 aliphatic heterocycles. The van der Waals surface area contributed by atoms with E-state index in [1.54, 1.807) is 0 Å².